The van der Waals surface area contributed by atoms with Gasteiger partial charge in [0, 0.05) is 32.0 Å². The van der Waals surface area contributed by atoms with Crippen molar-refractivity contribution in [3.8, 4) is 0 Å². The number of nitrogens with zero attached hydrogens (tertiary/aromatic N) is 1. The fourth-order valence-electron chi connectivity index (χ4n) is 3.10. The second-order valence-electron chi connectivity index (χ2n) is 5.02. The number of imide groups is 1. The van der Waals surface area contributed by atoms with Crippen LogP contribution in [0.2, 0.25) is 0 Å². The number of carbonyl (C=O) groups is 2. The summed E-state index contributed by atoms with van der Waals surface area (Å²) >= 11 is 0. The molecule has 6 nitrogen and oxygen atoms in total. The molecule has 118 valence electrons. The van der Waals surface area contributed by atoms with E-state index in [0.717, 1.165) is 0 Å². The molecule has 2 rings (SSSR count). The molecule has 1 aliphatic carbocycles. The third kappa shape index (κ3) is 3.17. The number of carbonyl (C=O) groups excluding carboxylic acids is 2. The Kier molecular flexibility index (Phi) is 5.50. The molecule has 0 aromatic rings. The van der Waals surface area contributed by atoms with Crippen molar-refractivity contribution >= 4 is 11.8 Å². The zero-order valence-electron chi connectivity index (χ0n) is 12.8. The molecule has 2 amide bonds. The summed E-state index contributed by atoms with van der Waals surface area (Å²) in [5.74, 6) is -0.579. The average Bonchev–Trinajstić information content (AvgIpc) is 2.94. The van der Waals surface area contributed by atoms with Crippen LogP contribution in [-0.4, -0.2) is 60.9 Å². The second kappa shape index (κ2) is 7.15. The molecule has 0 saturated heterocycles. The summed E-state index contributed by atoms with van der Waals surface area (Å²) in [6.07, 6.45) is 2.37. The minimum Gasteiger partial charge on any atom is -0.376 e. The second-order valence-corrected chi connectivity index (χ2v) is 5.02. The molecule has 6 heteroatoms. The van der Waals surface area contributed by atoms with Gasteiger partial charge in [-0.2, -0.15) is 0 Å². The van der Waals surface area contributed by atoms with E-state index in [1.165, 1.54) is 17.1 Å². The number of hydrogen-bond donors (Lipinski definition) is 0. The van der Waals surface area contributed by atoms with Gasteiger partial charge >= 0.3 is 0 Å². The van der Waals surface area contributed by atoms with Crippen LogP contribution in [0.25, 0.3) is 0 Å². The third-order valence-electron chi connectivity index (χ3n) is 3.82. The van der Waals surface area contributed by atoms with Crippen LogP contribution in [-0.2, 0) is 23.8 Å². The van der Waals surface area contributed by atoms with Gasteiger partial charge in [-0.3, -0.25) is 14.5 Å². The number of ether oxygens (including phenoxy) is 3. The van der Waals surface area contributed by atoms with Gasteiger partial charge in [0.25, 0.3) is 11.8 Å². The summed E-state index contributed by atoms with van der Waals surface area (Å²) < 4.78 is 17.3. The summed E-state index contributed by atoms with van der Waals surface area (Å²) in [4.78, 5) is 25.1. The predicted molar refractivity (Wildman–Crippen MR) is 75.6 cm³/mol. The summed E-state index contributed by atoms with van der Waals surface area (Å²) in [5, 5.41) is 0. The first-order valence-corrected chi connectivity index (χ1v) is 7.54. The fourth-order valence-corrected chi connectivity index (χ4v) is 3.10. The molecular weight excluding hydrogens is 274 g/mol. The van der Waals surface area contributed by atoms with Crippen LogP contribution in [0.5, 0.6) is 0 Å². The van der Waals surface area contributed by atoms with Gasteiger partial charge in [-0.1, -0.05) is 0 Å². The Morgan fingerprint density at radius 1 is 0.952 bits per heavy atom. The van der Waals surface area contributed by atoms with Gasteiger partial charge in [0.05, 0.1) is 12.1 Å². The fraction of sp³-hybridized carbons (Fsp3) is 0.733. The lowest BCUT2D eigenvalue weighted by Gasteiger charge is -2.30. The van der Waals surface area contributed by atoms with Gasteiger partial charge in [0.15, 0.2) is 0 Å². The molecule has 0 spiro atoms. The van der Waals surface area contributed by atoms with E-state index in [0.29, 0.717) is 26.2 Å². The molecule has 0 aromatic carbocycles. The molecule has 2 aliphatic rings. The first kappa shape index (κ1) is 16.1. The normalized spacial score (nSPS) is 32.4. The Bertz CT molecular complexity index is 404. The maximum atomic E-state index is 11.9. The quantitative estimate of drug-likeness (QED) is 0.653. The van der Waals surface area contributed by atoms with Crippen LogP contribution in [0.15, 0.2) is 12.2 Å². The van der Waals surface area contributed by atoms with Crippen LogP contribution >= 0.6 is 0 Å². The topological polar surface area (TPSA) is 65.1 Å². The molecule has 0 radical (unpaired) electrons. The number of amides is 2. The Morgan fingerprint density at radius 3 is 2.00 bits per heavy atom. The zero-order chi connectivity index (χ0) is 15.4. The van der Waals surface area contributed by atoms with Crippen molar-refractivity contribution in [2.75, 3.05) is 19.8 Å². The minimum absolute atomic E-state index is 0.169. The highest BCUT2D eigenvalue weighted by Gasteiger charge is 2.50. The van der Waals surface area contributed by atoms with Gasteiger partial charge in [0.1, 0.15) is 12.2 Å². The zero-order valence-corrected chi connectivity index (χ0v) is 12.8. The van der Waals surface area contributed by atoms with Gasteiger partial charge in [-0.25, -0.2) is 0 Å². The van der Waals surface area contributed by atoms with Crippen molar-refractivity contribution < 1.29 is 23.8 Å². The third-order valence-corrected chi connectivity index (χ3v) is 3.82. The van der Waals surface area contributed by atoms with E-state index >= 15 is 0 Å². The first-order chi connectivity index (χ1) is 10.1. The van der Waals surface area contributed by atoms with Crippen molar-refractivity contribution in [3.63, 3.8) is 0 Å². The number of rotatable bonds is 7. The molecule has 1 aliphatic heterocycles. The van der Waals surface area contributed by atoms with Crippen molar-refractivity contribution in [3.05, 3.63) is 12.2 Å². The lowest BCUT2D eigenvalue weighted by Crippen LogP contribution is -2.48. The van der Waals surface area contributed by atoms with E-state index < -0.39 is 0 Å². The average molecular weight is 297 g/mol. The Balaban J connectivity index is 2.22. The molecule has 0 aromatic heterocycles. The molecule has 1 heterocycles. The predicted octanol–water partition coefficient (Wildman–Crippen LogP) is 0.899. The SMILES string of the molecule is CCO[C@@H]1[C@@H](OCC)[C@@H](N2C(=O)C=CC2=O)C[C@@H]1OCC. The van der Waals surface area contributed by atoms with E-state index in [1.807, 2.05) is 20.8 Å². The summed E-state index contributed by atoms with van der Waals surface area (Å²) in [6, 6.07) is -0.340. The highest BCUT2D eigenvalue weighted by molar-refractivity contribution is 6.13. The van der Waals surface area contributed by atoms with Crippen LogP contribution in [0, 0.1) is 0 Å². The van der Waals surface area contributed by atoms with Crippen LogP contribution in [0.1, 0.15) is 27.2 Å². The Labute approximate surface area is 125 Å². The monoisotopic (exact) mass is 297 g/mol. The van der Waals surface area contributed by atoms with E-state index in [9.17, 15) is 9.59 Å². The largest absolute Gasteiger partial charge is 0.376 e. The molecule has 21 heavy (non-hydrogen) atoms. The number of hydrogen-bond acceptors (Lipinski definition) is 5. The minimum atomic E-state index is -0.348. The van der Waals surface area contributed by atoms with Crippen molar-refractivity contribution in [1.82, 2.24) is 4.90 Å². The summed E-state index contributed by atoms with van der Waals surface area (Å²) in [7, 11) is 0. The summed E-state index contributed by atoms with van der Waals surface area (Å²) in [5.41, 5.74) is 0. The van der Waals surface area contributed by atoms with Crippen molar-refractivity contribution in [2.45, 2.75) is 51.5 Å². The van der Waals surface area contributed by atoms with Gasteiger partial charge in [-0.05, 0) is 27.2 Å². The molecule has 1 fully saturated rings. The van der Waals surface area contributed by atoms with E-state index in [-0.39, 0.29) is 36.2 Å². The first-order valence-electron chi connectivity index (χ1n) is 7.54. The van der Waals surface area contributed by atoms with Gasteiger partial charge in [0.2, 0.25) is 0 Å². The van der Waals surface area contributed by atoms with Crippen molar-refractivity contribution in [2.24, 2.45) is 0 Å². The van der Waals surface area contributed by atoms with Crippen LogP contribution < -0.4 is 0 Å². The smallest absolute Gasteiger partial charge is 0.253 e. The Morgan fingerprint density at radius 2 is 1.48 bits per heavy atom. The van der Waals surface area contributed by atoms with E-state index in [1.54, 1.807) is 0 Å². The van der Waals surface area contributed by atoms with E-state index in [4.69, 9.17) is 14.2 Å². The molecule has 4 atom stereocenters. The summed E-state index contributed by atoms with van der Waals surface area (Å²) in [6.45, 7) is 7.30. The lowest BCUT2D eigenvalue weighted by atomic mass is 10.1. The van der Waals surface area contributed by atoms with Crippen LogP contribution in [0.4, 0.5) is 0 Å². The highest BCUT2D eigenvalue weighted by Crippen LogP contribution is 2.33. The van der Waals surface area contributed by atoms with Crippen LogP contribution in [0.3, 0.4) is 0 Å². The Hall–Kier alpha value is -1.24. The standard InChI is InChI=1S/C15H23NO5/c1-4-19-11-9-10(16-12(17)7-8-13(16)18)14(20-5-2)15(11)21-6-3/h7-8,10-11,14-15H,4-6,9H2,1-3H3/t10-,11-,14-,15-/m0/s1. The highest BCUT2D eigenvalue weighted by atomic mass is 16.6. The molecule has 0 unspecified atom stereocenters. The lowest BCUT2D eigenvalue weighted by molar-refractivity contribution is -0.146. The maximum absolute atomic E-state index is 11.9. The van der Waals surface area contributed by atoms with Gasteiger partial charge in [-0.15, -0.1) is 0 Å². The van der Waals surface area contributed by atoms with E-state index in [2.05, 4.69) is 0 Å². The maximum Gasteiger partial charge on any atom is 0.253 e. The van der Waals surface area contributed by atoms with Gasteiger partial charge < -0.3 is 14.2 Å². The van der Waals surface area contributed by atoms with Crippen molar-refractivity contribution in [1.29, 1.82) is 0 Å². The molecule has 0 N–H and O–H groups in total. The molecule has 0 bridgehead atoms. The molecule has 1 saturated carbocycles. The molecular formula is C15H23NO5.